The number of anilines is 1. The molecule has 4 rings (SSSR count). The summed E-state index contributed by atoms with van der Waals surface area (Å²) in [6.07, 6.45) is 2.25. The van der Waals surface area contributed by atoms with Crippen LogP contribution < -0.4 is 15.0 Å². The first-order chi connectivity index (χ1) is 13.6. The third-order valence-electron chi connectivity index (χ3n) is 5.22. The number of benzene rings is 1. The lowest BCUT2D eigenvalue weighted by atomic mass is 10.0. The number of amides is 1. The number of hydrogen-bond acceptors (Lipinski definition) is 6. The molecule has 2 fully saturated rings. The van der Waals surface area contributed by atoms with Gasteiger partial charge in [-0.2, -0.15) is 0 Å². The minimum absolute atomic E-state index is 0.0134. The molecule has 0 radical (unpaired) electrons. The van der Waals surface area contributed by atoms with Gasteiger partial charge in [-0.1, -0.05) is 12.1 Å². The van der Waals surface area contributed by atoms with E-state index in [1.54, 1.807) is 13.2 Å². The molecule has 1 saturated carbocycles. The number of ether oxygens (including phenoxy) is 2. The monoisotopic (exact) mass is 382 g/mol. The molecule has 1 atom stereocenters. The van der Waals surface area contributed by atoms with Gasteiger partial charge in [-0.3, -0.25) is 4.79 Å². The molecule has 0 bridgehead atoms. The Hall–Kier alpha value is -2.67. The second-order valence-electron chi connectivity index (χ2n) is 7.36. The van der Waals surface area contributed by atoms with Crippen molar-refractivity contribution in [3.05, 3.63) is 47.3 Å². The van der Waals surface area contributed by atoms with Gasteiger partial charge in [0.15, 0.2) is 0 Å². The topological polar surface area (TPSA) is 76.6 Å². The van der Waals surface area contributed by atoms with Crippen molar-refractivity contribution in [1.82, 2.24) is 15.3 Å². The van der Waals surface area contributed by atoms with E-state index in [4.69, 9.17) is 9.47 Å². The van der Waals surface area contributed by atoms with Crippen LogP contribution in [0, 0.1) is 12.8 Å². The molecule has 0 spiro atoms. The molecule has 2 aromatic rings. The summed E-state index contributed by atoms with van der Waals surface area (Å²) in [6, 6.07) is 9.64. The van der Waals surface area contributed by atoms with E-state index in [9.17, 15) is 4.79 Å². The Kier molecular flexibility index (Phi) is 5.43. The van der Waals surface area contributed by atoms with Crippen molar-refractivity contribution in [2.75, 3.05) is 38.3 Å². The summed E-state index contributed by atoms with van der Waals surface area (Å²) in [7, 11) is 1.65. The Labute approximate surface area is 165 Å². The number of nitrogens with zero attached hydrogens (tertiary/aromatic N) is 3. The van der Waals surface area contributed by atoms with Gasteiger partial charge in [-0.15, -0.1) is 0 Å². The fraction of sp³-hybridized carbons (Fsp3) is 0.476. The van der Waals surface area contributed by atoms with Crippen molar-refractivity contribution in [1.29, 1.82) is 0 Å². The minimum atomic E-state index is -0.160. The maximum atomic E-state index is 13.0. The molecule has 148 valence electrons. The third-order valence-corrected chi connectivity index (χ3v) is 5.22. The number of methoxy groups -OCH3 is 1. The summed E-state index contributed by atoms with van der Waals surface area (Å²) in [5.74, 6) is 1.72. The lowest BCUT2D eigenvalue weighted by Crippen LogP contribution is -2.38. The average molecular weight is 382 g/mol. The van der Waals surface area contributed by atoms with E-state index in [-0.39, 0.29) is 11.9 Å². The number of nitrogens with one attached hydrogen (secondary N) is 1. The van der Waals surface area contributed by atoms with Gasteiger partial charge < -0.3 is 19.7 Å². The van der Waals surface area contributed by atoms with Gasteiger partial charge in [0.05, 0.1) is 26.4 Å². The zero-order valence-electron chi connectivity index (χ0n) is 16.4. The maximum Gasteiger partial charge on any atom is 0.270 e. The summed E-state index contributed by atoms with van der Waals surface area (Å²) < 4.78 is 10.6. The zero-order chi connectivity index (χ0) is 19.5. The normalized spacial score (nSPS) is 17.9. The number of carbonyl (C=O) groups excluding carboxylic acids is 1. The van der Waals surface area contributed by atoms with Crippen molar-refractivity contribution in [2.24, 2.45) is 5.92 Å². The van der Waals surface area contributed by atoms with Crippen LogP contribution in [-0.4, -0.2) is 49.3 Å². The third kappa shape index (κ3) is 4.25. The van der Waals surface area contributed by atoms with Gasteiger partial charge in [-0.25, -0.2) is 9.97 Å². The Morgan fingerprint density at radius 2 is 1.93 bits per heavy atom. The number of hydrogen-bond donors (Lipinski definition) is 1. The fourth-order valence-corrected chi connectivity index (χ4v) is 3.50. The predicted octanol–water partition coefficient (Wildman–Crippen LogP) is 2.51. The highest BCUT2D eigenvalue weighted by Gasteiger charge is 2.34. The quantitative estimate of drug-likeness (QED) is 0.827. The first-order valence-electron chi connectivity index (χ1n) is 9.77. The van der Waals surface area contributed by atoms with Gasteiger partial charge in [-0.05, 0) is 49.4 Å². The molecule has 1 N–H and O–H groups in total. The number of morpholine rings is 1. The molecule has 1 amide bonds. The molecule has 1 aliphatic heterocycles. The average Bonchev–Trinajstić information content (AvgIpc) is 3.57. The van der Waals surface area contributed by atoms with Gasteiger partial charge in [0.2, 0.25) is 5.95 Å². The van der Waals surface area contributed by atoms with Crippen molar-refractivity contribution in [3.63, 3.8) is 0 Å². The number of aromatic nitrogens is 2. The Morgan fingerprint density at radius 3 is 2.57 bits per heavy atom. The van der Waals surface area contributed by atoms with Gasteiger partial charge in [0, 0.05) is 18.8 Å². The lowest BCUT2D eigenvalue weighted by molar-refractivity contribution is 0.0926. The van der Waals surface area contributed by atoms with Crippen molar-refractivity contribution >= 4 is 11.9 Å². The molecule has 0 unspecified atom stereocenters. The smallest absolute Gasteiger partial charge is 0.270 e. The molecule has 2 aliphatic rings. The van der Waals surface area contributed by atoms with Crippen LogP contribution in [-0.2, 0) is 4.74 Å². The van der Waals surface area contributed by atoms with Gasteiger partial charge in [0.1, 0.15) is 11.4 Å². The van der Waals surface area contributed by atoms with Crippen LogP contribution in [0.5, 0.6) is 5.75 Å². The Bertz CT molecular complexity index is 830. The maximum absolute atomic E-state index is 13.0. The SMILES string of the molecule is COc1ccc([C@@H](NC(=O)c2cc(C)nc(N3CCOCC3)n2)C2CC2)cc1. The van der Waals surface area contributed by atoms with Gasteiger partial charge in [0.25, 0.3) is 5.91 Å². The highest BCUT2D eigenvalue weighted by molar-refractivity contribution is 5.93. The van der Waals surface area contributed by atoms with Crippen LogP contribution in [0.4, 0.5) is 5.95 Å². The largest absolute Gasteiger partial charge is 0.497 e. The molecule has 28 heavy (non-hydrogen) atoms. The second kappa shape index (κ2) is 8.14. The number of carbonyl (C=O) groups is 1. The second-order valence-corrected chi connectivity index (χ2v) is 7.36. The predicted molar refractivity (Wildman–Crippen MR) is 106 cm³/mol. The Balaban J connectivity index is 1.53. The molecule has 1 saturated heterocycles. The summed E-state index contributed by atoms with van der Waals surface area (Å²) in [6.45, 7) is 4.67. The van der Waals surface area contributed by atoms with Crippen LogP contribution in [0.1, 0.15) is 40.6 Å². The van der Waals surface area contributed by atoms with E-state index in [0.29, 0.717) is 30.8 Å². The highest BCUT2D eigenvalue weighted by Crippen LogP contribution is 2.41. The summed E-state index contributed by atoms with van der Waals surface area (Å²) in [4.78, 5) is 24.1. The molecule has 2 heterocycles. The summed E-state index contributed by atoms with van der Waals surface area (Å²) in [5, 5.41) is 3.19. The molecular weight excluding hydrogens is 356 g/mol. The first-order valence-corrected chi connectivity index (χ1v) is 9.77. The Morgan fingerprint density at radius 1 is 1.21 bits per heavy atom. The highest BCUT2D eigenvalue weighted by atomic mass is 16.5. The van der Waals surface area contributed by atoms with Crippen LogP contribution >= 0.6 is 0 Å². The van der Waals surface area contributed by atoms with Crippen LogP contribution in [0.2, 0.25) is 0 Å². The van der Waals surface area contributed by atoms with Crippen molar-refractivity contribution in [2.45, 2.75) is 25.8 Å². The first kappa shape index (κ1) is 18.7. The fourth-order valence-electron chi connectivity index (χ4n) is 3.50. The van der Waals surface area contributed by atoms with Gasteiger partial charge >= 0.3 is 0 Å². The standard InChI is InChI=1S/C21H26N4O3/c1-14-13-18(23-21(22-14)25-9-11-28-12-10-25)20(26)24-19(15-3-4-15)16-5-7-17(27-2)8-6-16/h5-8,13,15,19H,3-4,9-12H2,1-2H3,(H,24,26)/t19-/m0/s1. The van der Waals surface area contributed by atoms with Crippen LogP contribution in [0.3, 0.4) is 0 Å². The molecule has 1 aromatic heterocycles. The molecular formula is C21H26N4O3. The molecule has 7 nitrogen and oxygen atoms in total. The van der Waals surface area contributed by atoms with E-state index >= 15 is 0 Å². The van der Waals surface area contributed by atoms with Crippen LogP contribution in [0.25, 0.3) is 0 Å². The van der Waals surface area contributed by atoms with E-state index in [2.05, 4.69) is 20.2 Å². The number of aryl methyl sites for hydroxylation is 1. The molecule has 7 heteroatoms. The lowest BCUT2D eigenvalue weighted by Gasteiger charge is -2.27. The number of rotatable bonds is 6. The summed E-state index contributed by atoms with van der Waals surface area (Å²) >= 11 is 0. The van der Waals surface area contributed by atoms with E-state index in [1.807, 2.05) is 31.2 Å². The van der Waals surface area contributed by atoms with Crippen molar-refractivity contribution in [3.8, 4) is 5.75 Å². The van der Waals surface area contributed by atoms with E-state index in [0.717, 1.165) is 42.9 Å². The van der Waals surface area contributed by atoms with Crippen molar-refractivity contribution < 1.29 is 14.3 Å². The molecule has 1 aliphatic carbocycles. The molecule has 1 aromatic carbocycles. The zero-order valence-corrected chi connectivity index (χ0v) is 16.4. The van der Waals surface area contributed by atoms with E-state index < -0.39 is 0 Å². The van der Waals surface area contributed by atoms with E-state index in [1.165, 1.54) is 0 Å². The summed E-state index contributed by atoms with van der Waals surface area (Å²) in [5.41, 5.74) is 2.29. The van der Waals surface area contributed by atoms with Crippen LogP contribution in [0.15, 0.2) is 30.3 Å². The minimum Gasteiger partial charge on any atom is -0.497 e.